The van der Waals surface area contributed by atoms with E-state index in [1.165, 1.54) is 12.3 Å². The summed E-state index contributed by atoms with van der Waals surface area (Å²) in [5.41, 5.74) is -0.158. The number of alkyl halides is 3. The van der Waals surface area contributed by atoms with Crippen LogP contribution in [-0.4, -0.2) is 73.4 Å². The molecule has 3 aromatic rings. The zero-order valence-electron chi connectivity index (χ0n) is 18.1. The fraction of sp³-hybridized carbons (Fsp3) is 0.350. The van der Waals surface area contributed by atoms with Crippen LogP contribution in [0, 0.1) is 5.82 Å². The molecule has 1 aliphatic rings. The van der Waals surface area contributed by atoms with Gasteiger partial charge in [-0.1, -0.05) is 11.6 Å². The van der Waals surface area contributed by atoms with Gasteiger partial charge in [0, 0.05) is 33.2 Å². The Morgan fingerprint density at radius 1 is 1.06 bits per heavy atom. The summed E-state index contributed by atoms with van der Waals surface area (Å²) in [6.07, 6.45) is -1.66. The first-order valence-electron chi connectivity index (χ1n) is 10.1. The van der Waals surface area contributed by atoms with E-state index in [4.69, 9.17) is 11.6 Å². The van der Waals surface area contributed by atoms with E-state index in [0.29, 0.717) is 23.3 Å². The number of pyridine rings is 1. The quantitative estimate of drug-likeness (QED) is 0.552. The minimum Gasteiger partial charge on any atom is -0.335 e. The third-order valence-corrected chi connectivity index (χ3v) is 5.61. The molecule has 3 aromatic heterocycles. The number of amides is 1. The lowest BCUT2D eigenvalue weighted by Crippen LogP contribution is -2.47. The standard InChI is InChI=1S/C20H19ClF4N8O/c1-31-3-5-33(6-4-31)17(34)15-12(21)7-11(8-26-15)29-19-28-9-13(22)16(30-19)14-10-27-18(32(14)2)20(23,24)25/h7-10H,3-6H2,1-2H3,(H,28,29,30). The molecule has 4 heterocycles. The molecule has 14 heteroatoms. The lowest BCUT2D eigenvalue weighted by atomic mass is 10.2. The molecule has 0 spiro atoms. The summed E-state index contributed by atoms with van der Waals surface area (Å²) in [6.45, 7) is 2.61. The van der Waals surface area contributed by atoms with Gasteiger partial charge in [-0.05, 0) is 13.1 Å². The molecule has 1 fully saturated rings. The zero-order chi connectivity index (χ0) is 24.6. The van der Waals surface area contributed by atoms with Crippen LogP contribution < -0.4 is 5.32 Å². The third-order valence-electron chi connectivity index (χ3n) is 5.32. The molecule has 4 rings (SSSR count). The fourth-order valence-electron chi connectivity index (χ4n) is 3.45. The van der Waals surface area contributed by atoms with Crippen molar-refractivity contribution in [2.45, 2.75) is 6.18 Å². The maximum atomic E-state index is 14.3. The number of carbonyl (C=O) groups excluding carboxylic acids is 1. The minimum atomic E-state index is -4.71. The number of halogens is 5. The highest BCUT2D eigenvalue weighted by Gasteiger charge is 2.37. The van der Waals surface area contributed by atoms with Gasteiger partial charge in [0.05, 0.1) is 35.0 Å². The van der Waals surface area contributed by atoms with Gasteiger partial charge in [-0.25, -0.2) is 24.3 Å². The van der Waals surface area contributed by atoms with Crippen LogP contribution in [0.5, 0.6) is 0 Å². The van der Waals surface area contributed by atoms with Gasteiger partial charge in [0.2, 0.25) is 11.8 Å². The average Bonchev–Trinajstić information content (AvgIpc) is 3.17. The van der Waals surface area contributed by atoms with Crippen molar-refractivity contribution in [3.63, 3.8) is 0 Å². The van der Waals surface area contributed by atoms with Crippen molar-refractivity contribution in [1.29, 1.82) is 0 Å². The van der Waals surface area contributed by atoms with E-state index in [2.05, 4.69) is 30.2 Å². The zero-order valence-corrected chi connectivity index (χ0v) is 18.8. The first-order valence-corrected chi connectivity index (χ1v) is 10.4. The van der Waals surface area contributed by atoms with Gasteiger partial charge >= 0.3 is 6.18 Å². The summed E-state index contributed by atoms with van der Waals surface area (Å²) in [7, 11) is 3.08. The average molecular weight is 499 g/mol. The number of hydrogen-bond acceptors (Lipinski definition) is 7. The Bertz CT molecular complexity index is 1220. The number of imidazole rings is 1. The largest absolute Gasteiger partial charge is 0.449 e. The van der Waals surface area contributed by atoms with Crippen LogP contribution in [0.3, 0.4) is 0 Å². The number of nitrogens with one attached hydrogen (secondary N) is 1. The molecule has 1 aliphatic heterocycles. The van der Waals surface area contributed by atoms with Gasteiger partial charge in [-0.15, -0.1) is 0 Å². The summed E-state index contributed by atoms with van der Waals surface area (Å²) < 4.78 is 54.1. The van der Waals surface area contributed by atoms with Crippen molar-refractivity contribution in [2.75, 3.05) is 38.5 Å². The van der Waals surface area contributed by atoms with Crippen LogP contribution in [0.15, 0.2) is 24.7 Å². The van der Waals surface area contributed by atoms with E-state index in [1.807, 2.05) is 7.05 Å². The van der Waals surface area contributed by atoms with E-state index in [0.717, 1.165) is 32.5 Å². The first kappa shape index (κ1) is 23.8. The summed E-state index contributed by atoms with van der Waals surface area (Å²) >= 11 is 6.28. The van der Waals surface area contributed by atoms with Gasteiger partial charge in [-0.2, -0.15) is 13.2 Å². The molecule has 0 aliphatic carbocycles. The van der Waals surface area contributed by atoms with Crippen LogP contribution in [0.1, 0.15) is 16.3 Å². The number of likely N-dealkylation sites (N-methyl/N-ethyl adjacent to an activating group) is 1. The van der Waals surface area contributed by atoms with Gasteiger partial charge in [-0.3, -0.25) is 4.79 Å². The molecular weight excluding hydrogens is 480 g/mol. The number of anilines is 2. The molecule has 0 unspecified atom stereocenters. The smallest absolute Gasteiger partial charge is 0.335 e. The van der Waals surface area contributed by atoms with E-state index in [-0.39, 0.29) is 34.0 Å². The molecule has 0 radical (unpaired) electrons. The van der Waals surface area contributed by atoms with E-state index in [9.17, 15) is 22.4 Å². The Hall–Kier alpha value is -3.32. The highest BCUT2D eigenvalue weighted by Crippen LogP contribution is 2.32. The molecule has 0 bridgehead atoms. The van der Waals surface area contributed by atoms with E-state index < -0.39 is 17.8 Å². The molecular formula is C20H19ClF4N8O. The Labute approximate surface area is 196 Å². The third kappa shape index (κ3) is 4.80. The van der Waals surface area contributed by atoms with Crippen molar-refractivity contribution in [1.82, 2.24) is 34.3 Å². The summed E-state index contributed by atoms with van der Waals surface area (Å²) in [6, 6.07) is 1.44. The molecule has 0 saturated carbocycles. The molecule has 180 valence electrons. The normalized spacial score (nSPS) is 15.0. The minimum absolute atomic E-state index is 0.0899. The Morgan fingerprint density at radius 2 is 1.76 bits per heavy atom. The number of hydrogen-bond donors (Lipinski definition) is 1. The van der Waals surface area contributed by atoms with E-state index in [1.54, 1.807) is 4.90 Å². The molecule has 1 saturated heterocycles. The second kappa shape index (κ2) is 9.14. The topological polar surface area (TPSA) is 92.1 Å². The highest BCUT2D eigenvalue weighted by molar-refractivity contribution is 6.33. The predicted molar refractivity (Wildman–Crippen MR) is 115 cm³/mol. The van der Waals surface area contributed by atoms with Crippen LogP contribution in [-0.2, 0) is 13.2 Å². The molecule has 1 amide bonds. The van der Waals surface area contributed by atoms with Crippen LogP contribution in [0.2, 0.25) is 5.02 Å². The van der Waals surface area contributed by atoms with Gasteiger partial charge in [0.25, 0.3) is 5.91 Å². The molecule has 34 heavy (non-hydrogen) atoms. The number of carbonyl (C=O) groups is 1. The van der Waals surface area contributed by atoms with Gasteiger partial charge < -0.3 is 19.7 Å². The maximum absolute atomic E-state index is 14.3. The second-order valence-corrected chi connectivity index (χ2v) is 8.10. The monoisotopic (exact) mass is 498 g/mol. The van der Waals surface area contributed by atoms with Gasteiger partial charge in [0.15, 0.2) is 5.82 Å². The Balaban J connectivity index is 1.55. The Kier molecular flexibility index (Phi) is 6.41. The molecule has 0 atom stereocenters. The van der Waals surface area contributed by atoms with Crippen molar-refractivity contribution in [3.05, 3.63) is 47.0 Å². The predicted octanol–water partition coefficient (Wildman–Crippen LogP) is 3.21. The van der Waals surface area contributed by atoms with Crippen LogP contribution >= 0.6 is 11.6 Å². The lowest BCUT2D eigenvalue weighted by molar-refractivity contribution is -0.146. The van der Waals surface area contributed by atoms with Crippen LogP contribution in [0.4, 0.5) is 29.2 Å². The molecule has 1 N–H and O–H groups in total. The summed E-state index contributed by atoms with van der Waals surface area (Å²) in [5, 5.41) is 2.87. The number of nitrogens with zero attached hydrogens (tertiary/aromatic N) is 7. The second-order valence-electron chi connectivity index (χ2n) is 7.69. The van der Waals surface area contributed by atoms with Crippen molar-refractivity contribution < 1.29 is 22.4 Å². The number of aromatic nitrogens is 5. The van der Waals surface area contributed by atoms with E-state index >= 15 is 0 Å². The van der Waals surface area contributed by atoms with Crippen LogP contribution in [0.25, 0.3) is 11.4 Å². The van der Waals surface area contributed by atoms with Gasteiger partial charge in [0.1, 0.15) is 11.4 Å². The van der Waals surface area contributed by atoms with Crippen molar-refractivity contribution in [2.24, 2.45) is 7.05 Å². The van der Waals surface area contributed by atoms with Crippen molar-refractivity contribution >= 4 is 29.1 Å². The molecule has 9 nitrogen and oxygen atoms in total. The highest BCUT2D eigenvalue weighted by atomic mass is 35.5. The molecule has 0 aromatic carbocycles. The maximum Gasteiger partial charge on any atom is 0.449 e. The SMILES string of the molecule is CN1CCN(C(=O)c2ncc(Nc3ncc(F)c(-c4cnc(C(F)(F)F)n4C)n3)cc2Cl)CC1. The first-order chi connectivity index (χ1) is 16.0. The summed E-state index contributed by atoms with van der Waals surface area (Å²) in [5.74, 6) is -2.51. The Morgan fingerprint density at radius 3 is 2.38 bits per heavy atom. The fourth-order valence-corrected chi connectivity index (χ4v) is 3.70. The number of piperazine rings is 1. The summed E-state index contributed by atoms with van der Waals surface area (Å²) in [4.78, 5) is 31.8. The number of rotatable bonds is 4. The lowest BCUT2D eigenvalue weighted by Gasteiger charge is -2.32. The van der Waals surface area contributed by atoms with Crippen molar-refractivity contribution in [3.8, 4) is 11.4 Å².